The molecule has 0 heterocycles. The summed E-state index contributed by atoms with van der Waals surface area (Å²) < 4.78 is 0. The lowest BCUT2D eigenvalue weighted by molar-refractivity contribution is 0.797. The fraction of sp³-hybridized carbons (Fsp3) is 0.0370. The molecule has 5 aromatic rings. The van der Waals surface area contributed by atoms with Gasteiger partial charge in [0.25, 0.3) is 0 Å². The van der Waals surface area contributed by atoms with Crippen LogP contribution in [0.15, 0.2) is 91.0 Å². The summed E-state index contributed by atoms with van der Waals surface area (Å²) in [4.78, 5) is 0. The minimum Gasteiger partial charge on any atom is -0.0843 e. The average Bonchev–Trinajstić information content (AvgIpc) is 3.20. The van der Waals surface area contributed by atoms with Crippen molar-refractivity contribution in [2.24, 2.45) is 0 Å². The van der Waals surface area contributed by atoms with Gasteiger partial charge in [-0.1, -0.05) is 90.5 Å². The van der Waals surface area contributed by atoms with E-state index in [1.165, 1.54) is 54.9 Å². The zero-order chi connectivity index (χ0) is 18.5. The van der Waals surface area contributed by atoms with Crippen molar-refractivity contribution in [3.05, 3.63) is 118 Å². The van der Waals surface area contributed by atoms with Crippen LogP contribution in [0, 0.1) is 0 Å². The van der Waals surface area contributed by atoms with Gasteiger partial charge in [0.2, 0.25) is 0 Å². The van der Waals surface area contributed by atoms with Crippen LogP contribution in [0.25, 0.3) is 32.7 Å². The van der Waals surface area contributed by atoms with Gasteiger partial charge in [-0.3, -0.25) is 0 Å². The van der Waals surface area contributed by atoms with Gasteiger partial charge in [0.05, 0.1) is 5.41 Å². The number of fused-ring (bicyclic) bond motifs is 7. The molecule has 0 saturated carbocycles. The summed E-state index contributed by atoms with van der Waals surface area (Å²) in [5, 5.41) is 6.21. The average molecular weight is 375 g/mol. The predicted octanol–water partition coefficient (Wildman–Crippen LogP) is 7.32. The molecule has 130 valence electrons. The van der Waals surface area contributed by atoms with Gasteiger partial charge in [0.1, 0.15) is 0 Å². The normalized spacial score (nSPS) is 14.9. The van der Waals surface area contributed by atoms with Crippen molar-refractivity contribution in [1.82, 2.24) is 0 Å². The van der Waals surface area contributed by atoms with Crippen molar-refractivity contribution in [3.8, 4) is 11.1 Å². The summed E-state index contributed by atoms with van der Waals surface area (Å²) in [7, 11) is 0. The van der Waals surface area contributed by atoms with E-state index in [-0.39, 0.29) is 5.41 Å². The highest BCUT2D eigenvalue weighted by molar-refractivity contribution is 6.31. The van der Waals surface area contributed by atoms with Crippen LogP contribution in [0.5, 0.6) is 0 Å². The Morgan fingerprint density at radius 1 is 0.500 bits per heavy atom. The van der Waals surface area contributed by atoms with E-state index < -0.39 is 0 Å². The minimum absolute atomic E-state index is 0.265. The van der Waals surface area contributed by atoms with Crippen LogP contribution < -0.4 is 0 Å². The summed E-state index contributed by atoms with van der Waals surface area (Å²) >= 11 is 6.44. The number of rotatable bonds is 0. The van der Waals surface area contributed by atoms with Crippen molar-refractivity contribution in [2.45, 2.75) is 5.41 Å². The highest BCUT2D eigenvalue weighted by atomic mass is 35.5. The van der Waals surface area contributed by atoms with Gasteiger partial charge in [-0.2, -0.15) is 0 Å². The topological polar surface area (TPSA) is 0 Å². The molecule has 0 fully saturated rings. The predicted molar refractivity (Wildman–Crippen MR) is 117 cm³/mol. The molecule has 2 aliphatic rings. The summed E-state index contributed by atoms with van der Waals surface area (Å²) in [5.74, 6) is 0. The molecule has 0 unspecified atom stereocenters. The Morgan fingerprint density at radius 2 is 1.11 bits per heavy atom. The van der Waals surface area contributed by atoms with E-state index >= 15 is 0 Å². The van der Waals surface area contributed by atoms with E-state index in [1.54, 1.807) is 0 Å². The Bertz CT molecular complexity index is 1410. The summed E-state index contributed by atoms with van der Waals surface area (Å²) in [6.07, 6.45) is 0. The smallest absolute Gasteiger partial charge is 0.0725 e. The third kappa shape index (κ3) is 1.49. The van der Waals surface area contributed by atoms with Gasteiger partial charge in [0, 0.05) is 5.02 Å². The lowest BCUT2D eigenvalue weighted by Gasteiger charge is -2.30. The zero-order valence-corrected chi connectivity index (χ0v) is 15.8. The molecule has 0 saturated heterocycles. The largest absolute Gasteiger partial charge is 0.0843 e. The molecule has 0 atom stereocenters. The highest BCUT2D eigenvalue weighted by Crippen LogP contribution is 2.62. The number of hydrogen-bond acceptors (Lipinski definition) is 0. The third-order valence-corrected chi connectivity index (χ3v) is 6.94. The zero-order valence-electron chi connectivity index (χ0n) is 15.0. The molecule has 2 aliphatic carbocycles. The van der Waals surface area contributed by atoms with Crippen molar-refractivity contribution < 1.29 is 0 Å². The first-order valence-electron chi connectivity index (χ1n) is 9.65. The second-order valence-electron chi connectivity index (χ2n) is 7.86. The van der Waals surface area contributed by atoms with Crippen LogP contribution in [0.3, 0.4) is 0 Å². The maximum Gasteiger partial charge on any atom is 0.0725 e. The molecule has 0 nitrogen and oxygen atoms in total. The molecular formula is C27H15Cl. The maximum atomic E-state index is 6.44. The molecule has 0 aromatic heterocycles. The third-order valence-electron chi connectivity index (χ3n) is 6.70. The Kier molecular flexibility index (Phi) is 2.58. The molecule has 1 heteroatoms. The fourth-order valence-corrected chi connectivity index (χ4v) is 5.93. The van der Waals surface area contributed by atoms with Crippen molar-refractivity contribution >= 4 is 33.1 Å². The van der Waals surface area contributed by atoms with Crippen LogP contribution >= 0.6 is 11.6 Å². The summed E-state index contributed by atoms with van der Waals surface area (Å²) in [6.45, 7) is 0. The molecule has 0 radical (unpaired) electrons. The van der Waals surface area contributed by atoms with Gasteiger partial charge >= 0.3 is 0 Å². The first kappa shape index (κ1) is 14.9. The van der Waals surface area contributed by atoms with Gasteiger partial charge < -0.3 is 0 Å². The van der Waals surface area contributed by atoms with E-state index in [4.69, 9.17) is 11.6 Å². The molecule has 0 bridgehead atoms. The Morgan fingerprint density at radius 3 is 1.82 bits per heavy atom. The Hall–Kier alpha value is -3.09. The van der Waals surface area contributed by atoms with Crippen LogP contribution in [0.2, 0.25) is 5.02 Å². The summed E-state index contributed by atoms with van der Waals surface area (Å²) in [5.41, 5.74) is 7.78. The van der Waals surface area contributed by atoms with Crippen molar-refractivity contribution in [1.29, 1.82) is 0 Å². The second-order valence-corrected chi connectivity index (χ2v) is 8.29. The molecule has 5 aromatic carbocycles. The van der Waals surface area contributed by atoms with Crippen molar-refractivity contribution in [2.75, 3.05) is 0 Å². The molecule has 28 heavy (non-hydrogen) atoms. The van der Waals surface area contributed by atoms with E-state index in [2.05, 4.69) is 84.9 Å². The number of halogens is 1. The number of hydrogen-bond donors (Lipinski definition) is 0. The van der Waals surface area contributed by atoms with E-state index in [1.807, 2.05) is 6.07 Å². The monoisotopic (exact) mass is 374 g/mol. The van der Waals surface area contributed by atoms with E-state index in [9.17, 15) is 0 Å². The molecule has 0 amide bonds. The van der Waals surface area contributed by atoms with Crippen LogP contribution in [-0.2, 0) is 5.41 Å². The van der Waals surface area contributed by atoms with E-state index in [0.717, 1.165) is 5.02 Å². The highest BCUT2D eigenvalue weighted by Gasteiger charge is 2.50. The van der Waals surface area contributed by atoms with Gasteiger partial charge in [0.15, 0.2) is 0 Å². The lowest BCUT2D eigenvalue weighted by Crippen LogP contribution is -2.26. The quantitative estimate of drug-likeness (QED) is 0.244. The molecule has 0 N–H and O–H groups in total. The fourth-order valence-electron chi connectivity index (χ4n) is 5.76. The molecule has 0 aliphatic heterocycles. The van der Waals surface area contributed by atoms with Gasteiger partial charge in [-0.15, -0.1) is 0 Å². The van der Waals surface area contributed by atoms with Crippen LogP contribution in [-0.4, -0.2) is 0 Å². The lowest BCUT2D eigenvalue weighted by atomic mass is 9.70. The molecule has 1 spiro atoms. The standard InChI is InChI=1S/C27H15Cl/c28-18-13-14-22-20(15-18)19-7-1-2-8-21(19)27(22)23-9-3-5-16-11-12-17-6-4-10-24(27)26(17)25(16)23/h1-15H. The first-order valence-corrected chi connectivity index (χ1v) is 10.0. The molecular weight excluding hydrogens is 360 g/mol. The van der Waals surface area contributed by atoms with Crippen LogP contribution in [0.1, 0.15) is 22.3 Å². The van der Waals surface area contributed by atoms with Gasteiger partial charge in [-0.25, -0.2) is 0 Å². The maximum absolute atomic E-state index is 6.44. The van der Waals surface area contributed by atoms with Gasteiger partial charge in [-0.05, 0) is 67.1 Å². The molecule has 7 rings (SSSR count). The Labute approximate surface area is 168 Å². The minimum atomic E-state index is -0.265. The van der Waals surface area contributed by atoms with E-state index in [0.29, 0.717) is 0 Å². The van der Waals surface area contributed by atoms with Crippen LogP contribution in [0.4, 0.5) is 0 Å². The second kappa shape index (κ2) is 4.84. The van der Waals surface area contributed by atoms with Crippen molar-refractivity contribution in [3.63, 3.8) is 0 Å². The first-order chi connectivity index (χ1) is 13.8. The summed E-state index contributed by atoms with van der Waals surface area (Å²) in [6, 6.07) is 33.3. The SMILES string of the molecule is Clc1ccc2c(c1)-c1ccccc1C21c2cccc3ccc4cccc1c4c23. The Balaban J connectivity index is 1.80. The number of benzene rings is 5.